The zero-order valence-electron chi connectivity index (χ0n) is 18.3. The molecule has 0 radical (unpaired) electrons. The van der Waals surface area contributed by atoms with Gasteiger partial charge in [-0.2, -0.15) is 17.6 Å². The smallest absolute Gasteiger partial charge is 0.519 e. The van der Waals surface area contributed by atoms with Crippen molar-refractivity contribution in [2.45, 2.75) is 5.57 Å². The lowest BCUT2D eigenvalue weighted by Gasteiger charge is -2.28. The van der Waals surface area contributed by atoms with Crippen LogP contribution in [0.1, 0.15) is 11.1 Å². The molecule has 0 spiro atoms. The van der Waals surface area contributed by atoms with E-state index < -0.39 is 128 Å². The molecule has 41 heavy (non-hydrogen) atoms. The molecular weight excluding hydrogens is 618 g/mol. The molecule has 1 aliphatic carbocycles. The van der Waals surface area contributed by atoms with Gasteiger partial charge in [0.2, 0.25) is 58.2 Å². The van der Waals surface area contributed by atoms with Crippen molar-refractivity contribution in [3.8, 4) is 11.5 Å². The summed E-state index contributed by atoms with van der Waals surface area (Å²) in [5.74, 6) is -54.0. The first-order valence-corrected chi connectivity index (χ1v) is 9.88. The molecule has 0 fully saturated rings. The van der Waals surface area contributed by atoms with E-state index >= 15 is 4.39 Å². The molecule has 0 N–H and O–H groups in total. The number of fused-ring (bicyclic) bond motifs is 1. The molecule has 3 aromatic rings. The van der Waals surface area contributed by atoms with Crippen molar-refractivity contribution in [2.24, 2.45) is 0 Å². The third-order valence-electron chi connectivity index (χ3n) is 5.48. The Bertz CT molecular complexity index is 1560. The average Bonchev–Trinajstić information content (AvgIpc) is 3.15. The van der Waals surface area contributed by atoms with Crippen LogP contribution in [0, 0.1) is 81.4 Å². The van der Waals surface area contributed by atoms with Gasteiger partial charge in [-0.1, -0.05) is 0 Å². The molecule has 1 unspecified atom stereocenters. The maximum atomic E-state index is 16.2. The van der Waals surface area contributed by atoms with Gasteiger partial charge < -0.3 is 9.31 Å². The van der Waals surface area contributed by atoms with Crippen molar-refractivity contribution < 1.29 is 83.9 Å². The highest BCUT2D eigenvalue weighted by Crippen LogP contribution is 2.54. The number of alkyl halides is 1. The number of benzene rings is 3. The highest BCUT2D eigenvalue weighted by Gasteiger charge is 2.66. The van der Waals surface area contributed by atoms with Crippen molar-refractivity contribution >= 4 is 12.9 Å². The molecule has 20 heteroatoms. The van der Waals surface area contributed by atoms with E-state index in [0.29, 0.717) is 0 Å². The van der Waals surface area contributed by atoms with Gasteiger partial charge in [-0.15, -0.1) is 0 Å². The molecule has 1 atom stereocenters. The first-order valence-electron chi connectivity index (χ1n) is 9.88. The minimum Gasteiger partial charge on any atom is -0.519 e. The second-order valence-electron chi connectivity index (χ2n) is 7.71. The highest BCUT2D eigenvalue weighted by molar-refractivity contribution is 6.51. The number of allylic oxidation sites excluding steroid dienone is 1. The third kappa shape index (κ3) is 3.97. The Morgan fingerprint density at radius 2 is 0.683 bits per heavy atom. The summed E-state index contributed by atoms with van der Waals surface area (Å²) in [4.78, 5) is 0. The van der Waals surface area contributed by atoms with Gasteiger partial charge in [0.05, 0.1) is 5.56 Å². The Morgan fingerprint density at radius 3 is 1.05 bits per heavy atom. The Balaban J connectivity index is 2.08. The molecule has 0 saturated carbocycles. The molecule has 0 saturated heterocycles. The maximum Gasteiger partial charge on any atom is 0.648 e. The van der Waals surface area contributed by atoms with Gasteiger partial charge in [0, 0.05) is 5.56 Å². The van der Waals surface area contributed by atoms with Crippen LogP contribution in [-0.4, -0.2) is 7.12 Å². The Hall–Kier alpha value is -4.13. The van der Waals surface area contributed by atoms with E-state index in [9.17, 15) is 70.2 Å². The SMILES string of the molecule is FC1=C(F)C(F)(B(Oc2c(F)c(F)c(F)c(F)c2F)Oc2c(F)c(F)c(F)c(F)c2F)c2c(F)c(F)c(F)c(F)c21. The molecule has 0 amide bonds. The monoisotopic (exact) mass is 618 g/mol. The second-order valence-corrected chi connectivity index (χ2v) is 7.71. The Morgan fingerprint density at radius 1 is 0.390 bits per heavy atom. The van der Waals surface area contributed by atoms with Crippen molar-refractivity contribution in [1.82, 2.24) is 0 Å². The quantitative estimate of drug-likeness (QED) is 0.127. The predicted octanol–water partition coefficient (Wildman–Crippen LogP) is 7.61. The topological polar surface area (TPSA) is 18.5 Å². The number of hydrogen-bond donors (Lipinski definition) is 0. The number of halogens is 17. The van der Waals surface area contributed by atoms with Gasteiger partial charge in [-0.25, -0.2) is 57.1 Å². The summed E-state index contributed by atoms with van der Waals surface area (Å²) in [6, 6.07) is 0. The fourth-order valence-corrected chi connectivity index (χ4v) is 3.56. The van der Waals surface area contributed by atoms with E-state index in [1.165, 1.54) is 0 Å². The Labute approximate surface area is 213 Å². The molecule has 0 aromatic heterocycles. The van der Waals surface area contributed by atoms with Crippen LogP contribution in [0.25, 0.3) is 5.83 Å². The van der Waals surface area contributed by atoms with Gasteiger partial charge in [0.25, 0.3) is 5.57 Å². The van der Waals surface area contributed by atoms with Crippen LogP contribution in [0.15, 0.2) is 5.83 Å². The number of rotatable bonds is 5. The minimum absolute atomic E-state index is 2.49. The highest BCUT2D eigenvalue weighted by atomic mass is 19.2. The first-order chi connectivity index (χ1) is 18.9. The molecule has 1 aliphatic rings. The maximum absolute atomic E-state index is 16.2. The zero-order valence-corrected chi connectivity index (χ0v) is 18.3. The third-order valence-corrected chi connectivity index (χ3v) is 5.48. The lowest BCUT2D eigenvalue weighted by atomic mass is 9.64. The lowest BCUT2D eigenvalue weighted by molar-refractivity contribution is 0.198. The van der Waals surface area contributed by atoms with Gasteiger partial charge in [0.1, 0.15) is 0 Å². The average molecular weight is 618 g/mol. The summed E-state index contributed by atoms with van der Waals surface area (Å²) < 4.78 is 248. The van der Waals surface area contributed by atoms with Crippen LogP contribution >= 0.6 is 0 Å². The van der Waals surface area contributed by atoms with E-state index in [-0.39, 0.29) is 0 Å². The van der Waals surface area contributed by atoms with Crippen molar-refractivity contribution in [3.63, 3.8) is 0 Å². The summed E-state index contributed by atoms with van der Waals surface area (Å²) in [5, 5.41) is 0. The summed E-state index contributed by atoms with van der Waals surface area (Å²) in [6.45, 7) is 0. The molecule has 3 aromatic carbocycles. The van der Waals surface area contributed by atoms with Gasteiger partial charge in [0.15, 0.2) is 46.4 Å². The van der Waals surface area contributed by atoms with Crippen molar-refractivity contribution in [2.75, 3.05) is 0 Å². The summed E-state index contributed by atoms with van der Waals surface area (Å²) in [7, 11) is -4.41. The molecule has 4 rings (SSSR count). The molecular formula is C21BF17O2. The van der Waals surface area contributed by atoms with Crippen LogP contribution < -0.4 is 9.31 Å². The molecule has 2 nitrogen and oxygen atoms in total. The van der Waals surface area contributed by atoms with Gasteiger partial charge in [-0.05, 0) is 0 Å². The van der Waals surface area contributed by atoms with E-state index in [4.69, 9.17) is 0 Å². The van der Waals surface area contributed by atoms with Gasteiger partial charge in [-0.3, -0.25) is 0 Å². The fraction of sp³-hybridized carbons (Fsp3) is 0.0476. The van der Waals surface area contributed by atoms with Crippen LogP contribution in [-0.2, 0) is 5.57 Å². The van der Waals surface area contributed by atoms with E-state index in [1.807, 2.05) is 0 Å². The lowest BCUT2D eigenvalue weighted by Crippen LogP contribution is -2.50. The molecule has 0 heterocycles. The van der Waals surface area contributed by atoms with Gasteiger partial charge >= 0.3 is 7.12 Å². The minimum atomic E-state index is -5.39. The number of hydrogen-bond acceptors (Lipinski definition) is 2. The van der Waals surface area contributed by atoms with Crippen molar-refractivity contribution in [1.29, 1.82) is 0 Å². The van der Waals surface area contributed by atoms with Crippen LogP contribution in [0.4, 0.5) is 74.6 Å². The second kappa shape index (κ2) is 9.76. The normalized spacial score (nSPS) is 16.4. The van der Waals surface area contributed by atoms with E-state index in [1.54, 1.807) is 0 Å². The first kappa shape index (κ1) is 29.8. The van der Waals surface area contributed by atoms with Crippen LogP contribution in [0.5, 0.6) is 11.5 Å². The fourth-order valence-electron chi connectivity index (χ4n) is 3.56. The largest absolute Gasteiger partial charge is 0.648 e. The van der Waals surface area contributed by atoms with Crippen LogP contribution in [0.3, 0.4) is 0 Å². The van der Waals surface area contributed by atoms with E-state index in [0.717, 1.165) is 0 Å². The zero-order chi connectivity index (χ0) is 31.0. The predicted molar refractivity (Wildman–Crippen MR) is 97.7 cm³/mol. The molecule has 0 aliphatic heterocycles. The van der Waals surface area contributed by atoms with E-state index in [2.05, 4.69) is 9.31 Å². The summed E-state index contributed by atoms with van der Waals surface area (Å²) >= 11 is 0. The summed E-state index contributed by atoms with van der Waals surface area (Å²) in [6.07, 6.45) is 0. The summed E-state index contributed by atoms with van der Waals surface area (Å²) in [5.41, 5.74) is -10.6. The Kier molecular flexibility index (Phi) is 7.10. The molecule has 0 bridgehead atoms. The van der Waals surface area contributed by atoms with Crippen molar-refractivity contribution in [3.05, 3.63) is 98.4 Å². The molecule has 218 valence electrons. The standard InChI is InChI=1S/C21BF17O2/c23-3-1-2(5(25)7(27)6(3)26)21(39,20(38)4(1)24)22(40-18-14(34)10(30)8(28)11(31)15(18)35)41-19-16(36)12(32)9(29)13(33)17(19)37. The van der Waals surface area contributed by atoms with Crippen LogP contribution in [0.2, 0.25) is 0 Å².